The molecule has 0 unspecified atom stereocenters. The lowest BCUT2D eigenvalue weighted by Gasteiger charge is -2.20. The summed E-state index contributed by atoms with van der Waals surface area (Å²) >= 11 is 0. The largest absolute Gasteiger partial charge is 0.493 e. The minimum Gasteiger partial charge on any atom is -0.493 e. The number of nitrogens with one attached hydrogen (secondary N) is 1. The molecule has 0 atom stereocenters. The Kier molecular flexibility index (Phi) is 6.49. The Balaban J connectivity index is 2.76. The van der Waals surface area contributed by atoms with Gasteiger partial charge in [-0.15, -0.1) is 0 Å². The summed E-state index contributed by atoms with van der Waals surface area (Å²) in [4.78, 5) is 13.7. The van der Waals surface area contributed by atoms with Crippen molar-refractivity contribution < 1.29 is 14.3 Å². The van der Waals surface area contributed by atoms with E-state index >= 15 is 0 Å². The van der Waals surface area contributed by atoms with Gasteiger partial charge < -0.3 is 14.8 Å². The Hall–Kier alpha value is -1.75. The SMILES string of the molecule is COc1cc(C)c(CN(C)CC(=O)NC(C)C)cc1OC. The molecule has 0 spiro atoms. The quantitative estimate of drug-likeness (QED) is 0.835. The fraction of sp³-hybridized carbons (Fsp3) is 0.562. The van der Waals surface area contributed by atoms with E-state index in [1.54, 1.807) is 14.2 Å². The number of hydrogen-bond acceptors (Lipinski definition) is 4. The van der Waals surface area contributed by atoms with E-state index in [0.717, 1.165) is 16.9 Å². The summed E-state index contributed by atoms with van der Waals surface area (Å²) in [6.07, 6.45) is 0. The van der Waals surface area contributed by atoms with E-state index in [2.05, 4.69) is 5.32 Å². The lowest BCUT2D eigenvalue weighted by atomic mass is 10.1. The number of rotatable bonds is 7. The van der Waals surface area contributed by atoms with Gasteiger partial charge in [0.05, 0.1) is 20.8 Å². The van der Waals surface area contributed by atoms with E-state index in [1.807, 2.05) is 44.9 Å². The molecule has 0 aromatic heterocycles. The van der Waals surface area contributed by atoms with Gasteiger partial charge in [-0.2, -0.15) is 0 Å². The van der Waals surface area contributed by atoms with E-state index in [1.165, 1.54) is 0 Å². The molecule has 1 aromatic rings. The smallest absolute Gasteiger partial charge is 0.234 e. The van der Waals surface area contributed by atoms with Crippen LogP contribution in [0.2, 0.25) is 0 Å². The molecule has 5 heteroatoms. The number of aryl methyl sites for hydroxylation is 1. The van der Waals surface area contributed by atoms with Crippen molar-refractivity contribution in [3.8, 4) is 11.5 Å². The molecule has 1 N–H and O–H groups in total. The van der Waals surface area contributed by atoms with Gasteiger partial charge in [0.2, 0.25) is 5.91 Å². The molecule has 0 aliphatic rings. The summed E-state index contributed by atoms with van der Waals surface area (Å²) < 4.78 is 10.6. The second-order valence-electron chi connectivity index (χ2n) is 5.53. The zero-order chi connectivity index (χ0) is 16.0. The molecule has 0 bridgehead atoms. The molecule has 0 saturated heterocycles. The first-order valence-electron chi connectivity index (χ1n) is 7.06. The predicted molar refractivity (Wildman–Crippen MR) is 83.9 cm³/mol. The number of likely N-dealkylation sites (N-methyl/N-ethyl adjacent to an activating group) is 1. The topological polar surface area (TPSA) is 50.8 Å². The molecule has 0 fully saturated rings. The second-order valence-corrected chi connectivity index (χ2v) is 5.53. The van der Waals surface area contributed by atoms with Gasteiger partial charge in [0.1, 0.15) is 0 Å². The lowest BCUT2D eigenvalue weighted by molar-refractivity contribution is -0.122. The van der Waals surface area contributed by atoms with Crippen molar-refractivity contribution in [2.75, 3.05) is 27.8 Å². The van der Waals surface area contributed by atoms with Gasteiger partial charge in [-0.05, 0) is 51.1 Å². The highest BCUT2D eigenvalue weighted by Gasteiger charge is 2.12. The van der Waals surface area contributed by atoms with Gasteiger partial charge in [0.25, 0.3) is 0 Å². The van der Waals surface area contributed by atoms with Crippen molar-refractivity contribution in [1.29, 1.82) is 0 Å². The average Bonchev–Trinajstić information content (AvgIpc) is 2.39. The number of ether oxygens (including phenoxy) is 2. The minimum absolute atomic E-state index is 0.0330. The summed E-state index contributed by atoms with van der Waals surface area (Å²) in [5, 5.41) is 2.89. The Morgan fingerprint density at radius 3 is 2.33 bits per heavy atom. The highest BCUT2D eigenvalue weighted by molar-refractivity contribution is 5.78. The van der Waals surface area contributed by atoms with Crippen molar-refractivity contribution in [3.05, 3.63) is 23.3 Å². The molecular weight excluding hydrogens is 268 g/mol. The molecule has 5 nitrogen and oxygen atoms in total. The van der Waals surface area contributed by atoms with Gasteiger partial charge in [0.15, 0.2) is 11.5 Å². The van der Waals surface area contributed by atoms with Gasteiger partial charge in [0, 0.05) is 12.6 Å². The maximum atomic E-state index is 11.8. The zero-order valence-corrected chi connectivity index (χ0v) is 13.8. The van der Waals surface area contributed by atoms with Crippen molar-refractivity contribution in [2.24, 2.45) is 0 Å². The van der Waals surface area contributed by atoms with E-state index in [4.69, 9.17) is 9.47 Å². The van der Waals surface area contributed by atoms with Crippen molar-refractivity contribution in [1.82, 2.24) is 10.2 Å². The third kappa shape index (κ3) is 5.27. The van der Waals surface area contributed by atoms with Gasteiger partial charge in [-0.1, -0.05) is 0 Å². The van der Waals surface area contributed by atoms with E-state index in [-0.39, 0.29) is 11.9 Å². The van der Waals surface area contributed by atoms with E-state index < -0.39 is 0 Å². The Bertz CT molecular complexity index is 487. The number of nitrogens with zero attached hydrogens (tertiary/aromatic N) is 1. The average molecular weight is 294 g/mol. The standard InChI is InChI=1S/C16H26N2O3/c1-11(2)17-16(19)10-18(4)9-13-8-15(21-6)14(20-5)7-12(13)3/h7-8,11H,9-10H2,1-6H3,(H,17,19). The van der Waals surface area contributed by atoms with Crippen molar-refractivity contribution in [3.63, 3.8) is 0 Å². The fourth-order valence-electron chi connectivity index (χ4n) is 2.15. The molecule has 118 valence electrons. The van der Waals surface area contributed by atoms with Crippen LogP contribution >= 0.6 is 0 Å². The Morgan fingerprint density at radius 2 is 1.81 bits per heavy atom. The summed E-state index contributed by atoms with van der Waals surface area (Å²) in [6.45, 7) is 6.98. The third-order valence-electron chi connectivity index (χ3n) is 3.15. The first-order chi connectivity index (χ1) is 9.87. The molecule has 0 heterocycles. The van der Waals surface area contributed by atoms with Crippen molar-refractivity contribution >= 4 is 5.91 Å². The van der Waals surface area contributed by atoms with Crippen LogP contribution in [0, 0.1) is 6.92 Å². The fourth-order valence-corrected chi connectivity index (χ4v) is 2.15. The van der Waals surface area contributed by atoms with Crippen LogP contribution in [0.25, 0.3) is 0 Å². The number of hydrogen-bond donors (Lipinski definition) is 1. The first kappa shape index (κ1) is 17.3. The number of carbonyl (C=O) groups excluding carboxylic acids is 1. The summed E-state index contributed by atoms with van der Waals surface area (Å²) in [5.41, 5.74) is 2.23. The predicted octanol–water partition coefficient (Wildman–Crippen LogP) is 1.97. The van der Waals surface area contributed by atoms with E-state index in [0.29, 0.717) is 18.8 Å². The van der Waals surface area contributed by atoms with Crippen LogP contribution in [0.4, 0.5) is 0 Å². The first-order valence-corrected chi connectivity index (χ1v) is 7.06. The zero-order valence-electron chi connectivity index (χ0n) is 13.8. The van der Waals surface area contributed by atoms with Crippen LogP contribution in [0.5, 0.6) is 11.5 Å². The monoisotopic (exact) mass is 294 g/mol. The molecule has 0 radical (unpaired) electrons. The van der Waals surface area contributed by atoms with Gasteiger partial charge >= 0.3 is 0 Å². The van der Waals surface area contributed by atoms with E-state index in [9.17, 15) is 4.79 Å². The van der Waals surface area contributed by atoms with Gasteiger partial charge in [-0.25, -0.2) is 0 Å². The van der Waals surface area contributed by atoms with Crippen LogP contribution < -0.4 is 14.8 Å². The number of methoxy groups -OCH3 is 2. The highest BCUT2D eigenvalue weighted by atomic mass is 16.5. The highest BCUT2D eigenvalue weighted by Crippen LogP contribution is 2.30. The van der Waals surface area contributed by atoms with Crippen LogP contribution in [0.15, 0.2) is 12.1 Å². The molecular formula is C16H26N2O3. The Labute approximate surface area is 127 Å². The summed E-state index contributed by atoms with van der Waals surface area (Å²) in [6, 6.07) is 4.08. The number of benzene rings is 1. The molecule has 1 amide bonds. The summed E-state index contributed by atoms with van der Waals surface area (Å²) in [5.74, 6) is 1.46. The molecule has 1 aromatic carbocycles. The molecule has 0 aliphatic carbocycles. The van der Waals surface area contributed by atoms with Gasteiger partial charge in [-0.3, -0.25) is 9.69 Å². The molecule has 0 aliphatic heterocycles. The second kappa shape index (κ2) is 7.88. The lowest BCUT2D eigenvalue weighted by Crippen LogP contribution is -2.38. The molecule has 1 rings (SSSR count). The summed E-state index contributed by atoms with van der Waals surface area (Å²) in [7, 11) is 5.17. The van der Waals surface area contributed by atoms with Crippen LogP contribution in [-0.4, -0.2) is 44.7 Å². The number of carbonyl (C=O) groups is 1. The van der Waals surface area contributed by atoms with Crippen LogP contribution in [0.1, 0.15) is 25.0 Å². The van der Waals surface area contributed by atoms with Crippen molar-refractivity contribution in [2.45, 2.75) is 33.4 Å². The third-order valence-corrected chi connectivity index (χ3v) is 3.15. The maximum absolute atomic E-state index is 11.8. The maximum Gasteiger partial charge on any atom is 0.234 e. The van der Waals surface area contributed by atoms with Crippen LogP contribution in [-0.2, 0) is 11.3 Å². The minimum atomic E-state index is 0.0330. The van der Waals surface area contributed by atoms with Crippen LogP contribution in [0.3, 0.4) is 0 Å². The Morgan fingerprint density at radius 1 is 1.24 bits per heavy atom. The molecule has 0 saturated carbocycles. The normalized spacial score (nSPS) is 10.9. The number of amides is 1. The molecule has 21 heavy (non-hydrogen) atoms.